The number of hydrogen-bond acceptors (Lipinski definition) is 6. The molecule has 0 unspecified atom stereocenters. The quantitative estimate of drug-likeness (QED) is 0.261. The van der Waals surface area contributed by atoms with E-state index in [2.05, 4.69) is 10.5 Å². The molecule has 0 spiro atoms. The molecule has 33 heavy (non-hydrogen) atoms. The lowest BCUT2D eigenvalue weighted by Crippen LogP contribution is -2.19. The number of benzene rings is 3. The van der Waals surface area contributed by atoms with Crippen LogP contribution in [0.2, 0.25) is 5.02 Å². The van der Waals surface area contributed by atoms with E-state index in [-0.39, 0.29) is 16.8 Å². The first-order chi connectivity index (χ1) is 15.9. The van der Waals surface area contributed by atoms with E-state index in [1.807, 2.05) is 19.1 Å². The Morgan fingerprint density at radius 1 is 1.12 bits per heavy atom. The highest BCUT2D eigenvalue weighted by Gasteiger charge is 2.17. The summed E-state index contributed by atoms with van der Waals surface area (Å²) in [5.41, 5.74) is 4.37. The van der Waals surface area contributed by atoms with Crippen LogP contribution in [0.5, 0.6) is 11.5 Å². The normalized spacial score (nSPS) is 10.8. The summed E-state index contributed by atoms with van der Waals surface area (Å²) in [6.45, 7) is 4.18. The van der Waals surface area contributed by atoms with Gasteiger partial charge in [-0.3, -0.25) is 14.9 Å². The van der Waals surface area contributed by atoms with Crippen molar-refractivity contribution in [1.29, 1.82) is 0 Å². The van der Waals surface area contributed by atoms with Crippen molar-refractivity contribution >= 4 is 29.4 Å². The second-order valence-electron chi connectivity index (χ2n) is 6.96. The highest BCUT2D eigenvalue weighted by molar-refractivity contribution is 6.30. The van der Waals surface area contributed by atoms with Gasteiger partial charge in [0.25, 0.3) is 11.6 Å². The maximum atomic E-state index is 12.4. The molecule has 0 fully saturated rings. The lowest BCUT2D eigenvalue weighted by molar-refractivity contribution is -0.385. The average molecular weight is 468 g/mol. The topological polar surface area (TPSA) is 103 Å². The SMILES string of the molecule is CCOc1cc(/C=N\NC(=O)c2cccc([N+](=O)[O-])c2C)ccc1OCc1ccc(Cl)cc1. The Morgan fingerprint density at radius 3 is 2.58 bits per heavy atom. The molecule has 0 aliphatic heterocycles. The van der Waals surface area contributed by atoms with Crippen LogP contribution in [0.1, 0.15) is 34.0 Å². The summed E-state index contributed by atoms with van der Waals surface area (Å²) in [6, 6.07) is 17.0. The van der Waals surface area contributed by atoms with Crippen LogP contribution in [-0.2, 0) is 6.61 Å². The number of nitrogens with one attached hydrogen (secondary N) is 1. The summed E-state index contributed by atoms with van der Waals surface area (Å²) in [7, 11) is 0. The Labute approximate surface area is 195 Å². The van der Waals surface area contributed by atoms with Gasteiger partial charge in [-0.1, -0.05) is 29.8 Å². The van der Waals surface area contributed by atoms with E-state index >= 15 is 0 Å². The van der Waals surface area contributed by atoms with Gasteiger partial charge in [0.15, 0.2) is 11.5 Å². The van der Waals surface area contributed by atoms with Gasteiger partial charge in [0.05, 0.1) is 23.3 Å². The number of carbonyl (C=O) groups is 1. The molecule has 3 aromatic rings. The number of rotatable bonds is 9. The van der Waals surface area contributed by atoms with Gasteiger partial charge in [-0.15, -0.1) is 0 Å². The maximum Gasteiger partial charge on any atom is 0.273 e. The number of nitro benzene ring substituents is 1. The number of nitro groups is 1. The zero-order valence-electron chi connectivity index (χ0n) is 18.1. The van der Waals surface area contributed by atoms with E-state index in [1.165, 1.54) is 31.3 Å². The van der Waals surface area contributed by atoms with Gasteiger partial charge in [-0.2, -0.15) is 5.10 Å². The van der Waals surface area contributed by atoms with Crippen molar-refractivity contribution < 1.29 is 19.2 Å². The molecule has 0 radical (unpaired) electrons. The van der Waals surface area contributed by atoms with Crippen molar-refractivity contribution in [2.75, 3.05) is 6.61 Å². The first kappa shape index (κ1) is 23.7. The molecule has 170 valence electrons. The van der Waals surface area contributed by atoms with Crippen molar-refractivity contribution in [2.45, 2.75) is 20.5 Å². The Balaban J connectivity index is 1.68. The number of ether oxygens (including phenoxy) is 2. The standard InChI is InChI=1S/C24H22ClN3O5/c1-3-32-23-13-18(9-12-22(23)33-15-17-7-10-19(25)11-8-17)14-26-27-24(29)20-5-4-6-21(16(20)2)28(30)31/h4-14H,3,15H2,1-2H3,(H,27,29)/b26-14-. The van der Waals surface area contributed by atoms with Crippen LogP contribution in [0.15, 0.2) is 65.8 Å². The molecule has 0 atom stereocenters. The molecule has 0 aliphatic rings. The van der Waals surface area contributed by atoms with Crippen LogP contribution in [0.25, 0.3) is 0 Å². The third-order valence-electron chi connectivity index (χ3n) is 4.70. The highest BCUT2D eigenvalue weighted by Crippen LogP contribution is 2.29. The number of carbonyl (C=O) groups excluding carboxylic acids is 1. The molecule has 0 saturated carbocycles. The fourth-order valence-electron chi connectivity index (χ4n) is 3.03. The number of halogens is 1. The van der Waals surface area contributed by atoms with E-state index in [4.69, 9.17) is 21.1 Å². The average Bonchev–Trinajstić information content (AvgIpc) is 2.79. The van der Waals surface area contributed by atoms with Crippen LogP contribution in [0.4, 0.5) is 5.69 Å². The van der Waals surface area contributed by atoms with Gasteiger partial charge >= 0.3 is 0 Å². The first-order valence-electron chi connectivity index (χ1n) is 10.1. The number of nitrogens with zero attached hydrogens (tertiary/aromatic N) is 2. The molecule has 9 heteroatoms. The molecule has 0 bridgehead atoms. The van der Waals surface area contributed by atoms with Gasteiger partial charge in [-0.05, 0) is 61.4 Å². The van der Waals surface area contributed by atoms with Crippen LogP contribution in [-0.4, -0.2) is 23.7 Å². The molecular formula is C24H22ClN3O5. The Morgan fingerprint density at radius 2 is 1.88 bits per heavy atom. The predicted molar refractivity (Wildman–Crippen MR) is 126 cm³/mol. The van der Waals surface area contributed by atoms with Gasteiger partial charge in [0, 0.05) is 16.7 Å². The summed E-state index contributed by atoms with van der Waals surface area (Å²) < 4.78 is 11.6. The zero-order valence-corrected chi connectivity index (χ0v) is 18.8. The summed E-state index contributed by atoms with van der Waals surface area (Å²) in [5.74, 6) is 0.567. The molecule has 0 aliphatic carbocycles. The van der Waals surface area contributed by atoms with Crippen molar-refractivity contribution in [3.8, 4) is 11.5 Å². The van der Waals surface area contributed by atoms with Crippen LogP contribution in [0.3, 0.4) is 0 Å². The van der Waals surface area contributed by atoms with Crippen LogP contribution < -0.4 is 14.9 Å². The minimum Gasteiger partial charge on any atom is -0.490 e. The fourth-order valence-corrected chi connectivity index (χ4v) is 3.15. The Bertz CT molecular complexity index is 1180. The van der Waals surface area contributed by atoms with Gasteiger partial charge in [0.2, 0.25) is 0 Å². The summed E-state index contributed by atoms with van der Waals surface area (Å²) in [6.07, 6.45) is 1.45. The van der Waals surface area contributed by atoms with Gasteiger partial charge in [0.1, 0.15) is 6.61 Å². The molecule has 0 heterocycles. The largest absolute Gasteiger partial charge is 0.490 e. The number of hydrogen-bond donors (Lipinski definition) is 1. The summed E-state index contributed by atoms with van der Waals surface area (Å²) >= 11 is 5.91. The molecule has 1 N–H and O–H groups in total. The highest BCUT2D eigenvalue weighted by atomic mass is 35.5. The smallest absolute Gasteiger partial charge is 0.273 e. The van der Waals surface area contributed by atoms with Gasteiger partial charge < -0.3 is 9.47 Å². The maximum absolute atomic E-state index is 12.4. The summed E-state index contributed by atoms with van der Waals surface area (Å²) in [4.78, 5) is 22.9. The second-order valence-corrected chi connectivity index (χ2v) is 7.40. The Hall–Kier alpha value is -3.91. The molecule has 1 amide bonds. The molecular weight excluding hydrogens is 446 g/mol. The van der Waals surface area contributed by atoms with E-state index in [9.17, 15) is 14.9 Å². The molecule has 0 aromatic heterocycles. The monoisotopic (exact) mass is 467 g/mol. The summed E-state index contributed by atoms with van der Waals surface area (Å²) in [5, 5.41) is 15.7. The Kier molecular flexibility index (Phi) is 7.99. The lowest BCUT2D eigenvalue weighted by atomic mass is 10.1. The molecule has 0 saturated heterocycles. The van der Waals surface area contributed by atoms with E-state index in [0.717, 1.165) is 5.56 Å². The van der Waals surface area contributed by atoms with Crippen molar-refractivity contribution in [3.63, 3.8) is 0 Å². The third-order valence-corrected chi connectivity index (χ3v) is 4.95. The van der Waals surface area contributed by atoms with Crippen molar-refractivity contribution in [1.82, 2.24) is 5.43 Å². The molecule has 3 rings (SSSR count). The van der Waals surface area contributed by atoms with Crippen molar-refractivity contribution in [2.24, 2.45) is 5.10 Å². The van der Waals surface area contributed by atoms with Crippen LogP contribution in [0, 0.1) is 17.0 Å². The van der Waals surface area contributed by atoms with Crippen molar-refractivity contribution in [3.05, 3.63) is 98.1 Å². The van der Waals surface area contributed by atoms with E-state index in [0.29, 0.717) is 35.3 Å². The first-order valence-corrected chi connectivity index (χ1v) is 10.5. The molecule has 3 aromatic carbocycles. The predicted octanol–water partition coefficient (Wildman–Crippen LogP) is 5.30. The lowest BCUT2D eigenvalue weighted by Gasteiger charge is -2.12. The molecule has 8 nitrogen and oxygen atoms in total. The van der Waals surface area contributed by atoms with Crippen LogP contribution >= 0.6 is 11.6 Å². The van der Waals surface area contributed by atoms with E-state index < -0.39 is 10.8 Å². The minimum atomic E-state index is -0.541. The van der Waals surface area contributed by atoms with Gasteiger partial charge in [-0.25, -0.2) is 5.43 Å². The zero-order chi connectivity index (χ0) is 23.8. The fraction of sp³-hybridized carbons (Fsp3) is 0.167. The minimum absolute atomic E-state index is 0.123. The second kappa shape index (κ2) is 11.1. The van der Waals surface area contributed by atoms with E-state index in [1.54, 1.807) is 30.3 Å². The number of hydrazone groups is 1. The number of amides is 1. The third kappa shape index (κ3) is 6.30.